The van der Waals surface area contributed by atoms with Crippen molar-refractivity contribution < 1.29 is 42.5 Å². The minimum atomic E-state index is -0.557. The number of ether oxygens (including phenoxy) is 5. The fourth-order valence-electron chi connectivity index (χ4n) is 4.74. The van der Waals surface area contributed by atoms with Crippen LogP contribution in [-0.2, 0) is 27.4 Å². The van der Waals surface area contributed by atoms with Crippen molar-refractivity contribution in [1.82, 2.24) is 4.90 Å². The molecule has 1 aromatic heterocycles. The number of Topliss-reactive ketones (excluding diaryl/α,β-unsaturated/α-hetero) is 1. The highest BCUT2D eigenvalue weighted by atomic mass is 32.1. The average Bonchev–Trinajstić information content (AvgIpc) is 3.61. The fourth-order valence-corrected chi connectivity index (χ4v) is 5.80. The summed E-state index contributed by atoms with van der Waals surface area (Å²) in [6.07, 6.45) is 1.73. The fraction of sp³-hybridized carbons (Fsp3) is 0.452. The maximum Gasteiger partial charge on any atom is 0.306 e. The van der Waals surface area contributed by atoms with E-state index in [0.29, 0.717) is 52.4 Å². The first kappa shape index (κ1) is 31.1. The Kier molecular flexibility index (Phi) is 10.6. The van der Waals surface area contributed by atoms with Crippen LogP contribution in [0.2, 0.25) is 0 Å². The van der Waals surface area contributed by atoms with E-state index in [1.165, 1.54) is 18.4 Å². The largest absolute Gasteiger partial charge is 0.493 e. The third kappa shape index (κ3) is 7.13. The molecule has 0 saturated carbocycles. The molecule has 2 heterocycles. The molecule has 42 heavy (non-hydrogen) atoms. The maximum absolute atomic E-state index is 15.4. The summed E-state index contributed by atoms with van der Waals surface area (Å²) in [5.41, 5.74) is 1.90. The van der Waals surface area contributed by atoms with Crippen molar-refractivity contribution in [1.29, 1.82) is 0 Å². The smallest absolute Gasteiger partial charge is 0.306 e. The first-order valence-electron chi connectivity index (χ1n) is 14.0. The van der Waals surface area contributed by atoms with E-state index in [0.717, 1.165) is 17.5 Å². The Morgan fingerprint density at radius 2 is 1.57 bits per heavy atom. The van der Waals surface area contributed by atoms with Gasteiger partial charge in [0.05, 0.1) is 45.3 Å². The van der Waals surface area contributed by atoms with Crippen LogP contribution in [-0.4, -0.2) is 56.6 Å². The quantitative estimate of drug-likeness (QED) is 0.118. The van der Waals surface area contributed by atoms with Gasteiger partial charge in [0.25, 0.3) is 0 Å². The first-order chi connectivity index (χ1) is 20.3. The van der Waals surface area contributed by atoms with Gasteiger partial charge in [-0.15, -0.1) is 11.3 Å². The van der Waals surface area contributed by atoms with E-state index >= 15 is 4.39 Å². The van der Waals surface area contributed by atoms with Gasteiger partial charge in [-0.25, -0.2) is 4.39 Å². The number of nitrogens with zero attached hydrogens (tertiary/aromatic N) is 1. The second-order valence-electron chi connectivity index (χ2n) is 9.79. The molecule has 1 aliphatic heterocycles. The van der Waals surface area contributed by atoms with Gasteiger partial charge < -0.3 is 28.6 Å². The van der Waals surface area contributed by atoms with E-state index in [2.05, 4.69) is 0 Å². The zero-order valence-electron chi connectivity index (χ0n) is 24.4. The van der Waals surface area contributed by atoms with Crippen LogP contribution in [0.3, 0.4) is 0 Å². The Hall–Kier alpha value is -3.86. The van der Waals surface area contributed by atoms with Crippen molar-refractivity contribution in [2.45, 2.75) is 59.0 Å². The summed E-state index contributed by atoms with van der Waals surface area (Å²) in [5.74, 6) is 0.268. The number of thiophene rings is 1. The van der Waals surface area contributed by atoms with E-state index in [1.807, 2.05) is 19.1 Å². The molecule has 11 heteroatoms. The molecular formula is C31H36FNO8S. The van der Waals surface area contributed by atoms with Gasteiger partial charge in [0.2, 0.25) is 5.91 Å². The van der Waals surface area contributed by atoms with Crippen LogP contribution in [0, 0.1) is 5.82 Å². The molecule has 0 fully saturated rings. The van der Waals surface area contributed by atoms with Crippen LogP contribution in [0.5, 0.6) is 23.0 Å². The molecular weight excluding hydrogens is 565 g/mol. The Morgan fingerprint density at radius 3 is 2.24 bits per heavy atom. The van der Waals surface area contributed by atoms with Gasteiger partial charge >= 0.3 is 5.97 Å². The van der Waals surface area contributed by atoms with Gasteiger partial charge in [-0.2, -0.15) is 0 Å². The normalized spacial score (nSPS) is 12.3. The third-order valence-corrected chi connectivity index (χ3v) is 7.98. The van der Waals surface area contributed by atoms with Crippen LogP contribution in [0.15, 0.2) is 24.3 Å². The topological polar surface area (TPSA) is 101 Å². The number of halogens is 1. The molecule has 1 aliphatic rings. The zero-order valence-corrected chi connectivity index (χ0v) is 25.2. The van der Waals surface area contributed by atoms with Crippen molar-refractivity contribution in [3.63, 3.8) is 0 Å². The molecule has 0 spiro atoms. The van der Waals surface area contributed by atoms with Crippen LogP contribution < -0.4 is 18.9 Å². The maximum atomic E-state index is 15.4. The Labute approximate surface area is 248 Å². The van der Waals surface area contributed by atoms with E-state index in [1.54, 1.807) is 31.1 Å². The lowest BCUT2D eigenvalue weighted by Crippen LogP contribution is -2.25. The molecule has 2 aromatic carbocycles. The number of hydrogen-bond acceptors (Lipinski definition) is 9. The SMILES string of the molecule is CCCC(=O)c1cc2c(F)c(OCCCOc3cc4c(cc3OC)CN(C(=O)CCC(=O)OCC)C4)c(OC)cc2s1. The minimum Gasteiger partial charge on any atom is -0.493 e. The van der Waals surface area contributed by atoms with Gasteiger partial charge in [-0.3, -0.25) is 14.4 Å². The molecule has 0 N–H and O–H groups in total. The van der Waals surface area contributed by atoms with Crippen molar-refractivity contribution in [3.8, 4) is 23.0 Å². The highest BCUT2D eigenvalue weighted by molar-refractivity contribution is 7.20. The van der Waals surface area contributed by atoms with E-state index in [-0.39, 0.29) is 61.8 Å². The number of esters is 1. The number of carbonyl (C=O) groups excluding carboxylic acids is 3. The van der Waals surface area contributed by atoms with Gasteiger partial charge in [0, 0.05) is 48.5 Å². The van der Waals surface area contributed by atoms with E-state index < -0.39 is 5.82 Å². The molecule has 0 radical (unpaired) electrons. The van der Waals surface area contributed by atoms with Crippen molar-refractivity contribution in [2.75, 3.05) is 34.0 Å². The van der Waals surface area contributed by atoms with Crippen LogP contribution in [0.4, 0.5) is 4.39 Å². The van der Waals surface area contributed by atoms with Crippen LogP contribution >= 0.6 is 11.3 Å². The second kappa shape index (κ2) is 14.4. The number of rotatable bonds is 15. The van der Waals surface area contributed by atoms with Crippen LogP contribution in [0.25, 0.3) is 10.1 Å². The molecule has 3 aromatic rings. The van der Waals surface area contributed by atoms with Crippen molar-refractivity contribution in [3.05, 3.63) is 46.1 Å². The summed E-state index contributed by atoms with van der Waals surface area (Å²) in [4.78, 5) is 38.8. The highest BCUT2D eigenvalue weighted by Gasteiger charge is 2.26. The minimum absolute atomic E-state index is 0.000108. The number of methoxy groups -OCH3 is 2. The lowest BCUT2D eigenvalue weighted by Gasteiger charge is -2.14. The molecule has 1 amide bonds. The van der Waals surface area contributed by atoms with Crippen molar-refractivity contribution >= 4 is 39.1 Å². The third-order valence-electron chi connectivity index (χ3n) is 6.86. The summed E-state index contributed by atoms with van der Waals surface area (Å²) in [5, 5.41) is 0.336. The average molecular weight is 602 g/mol. The van der Waals surface area contributed by atoms with Gasteiger partial charge in [-0.05, 0) is 42.7 Å². The summed E-state index contributed by atoms with van der Waals surface area (Å²) in [6.45, 7) is 5.23. The predicted molar refractivity (Wildman–Crippen MR) is 156 cm³/mol. The number of hydrogen-bond donors (Lipinski definition) is 0. The lowest BCUT2D eigenvalue weighted by molar-refractivity contribution is -0.145. The number of ketones is 1. The Bertz CT molecular complexity index is 1450. The number of carbonyl (C=O) groups is 3. The number of benzene rings is 2. The monoisotopic (exact) mass is 601 g/mol. The van der Waals surface area contributed by atoms with Crippen LogP contribution in [0.1, 0.15) is 66.8 Å². The molecule has 0 unspecified atom stereocenters. The second-order valence-corrected chi connectivity index (χ2v) is 10.9. The number of amides is 1. The zero-order chi connectivity index (χ0) is 30.2. The molecule has 226 valence electrons. The summed E-state index contributed by atoms with van der Waals surface area (Å²) in [7, 11) is 2.99. The van der Waals surface area contributed by atoms with E-state index in [9.17, 15) is 14.4 Å². The molecule has 0 atom stereocenters. The number of fused-ring (bicyclic) bond motifs is 2. The molecule has 0 saturated heterocycles. The molecule has 0 aliphatic carbocycles. The van der Waals surface area contributed by atoms with Crippen molar-refractivity contribution in [2.24, 2.45) is 0 Å². The van der Waals surface area contributed by atoms with Gasteiger partial charge in [0.15, 0.2) is 34.6 Å². The molecule has 4 rings (SSSR count). The molecule has 0 bridgehead atoms. The van der Waals surface area contributed by atoms with Gasteiger partial charge in [0.1, 0.15) is 0 Å². The van der Waals surface area contributed by atoms with E-state index in [4.69, 9.17) is 23.7 Å². The highest BCUT2D eigenvalue weighted by Crippen LogP contribution is 2.40. The predicted octanol–water partition coefficient (Wildman–Crippen LogP) is 6.07. The Balaban J connectivity index is 1.34. The lowest BCUT2D eigenvalue weighted by atomic mass is 10.1. The molecule has 9 nitrogen and oxygen atoms in total. The van der Waals surface area contributed by atoms with Gasteiger partial charge in [-0.1, -0.05) is 6.92 Å². The summed E-state index contributed by atoms with van der Waals surface area (Å²) < 4.78 is 43.5. The standard InChI is InChI=1S/C31H36FNO8S/c1-5-8-22(34)27-15-21-26(42-27)16-25(38-4)31(30(21)32)41-12-7-11-40-24-14-20-18-33(17-19(20)13-23(24)37-3)28(35)9-10-29(36)39-6-2/h13-16H,5-12,17-18H2,1-4H3. The summed E-state index contributed by atoms with van der Waals surface area (Å²) in [6, 6.07) is 6.99. The first-order valence-corrected chi connectivity index (χ1v) is 14.8. The Morgan fingerprint density at radius 1 is 0.881 bits per heavy atom. The summed E-state index contributed by atoms with van der Waals surface area (Å²) >= 11 is 1.25.